The highest BCUT2D eigenvalue weighted by Gasteiger charge is 2.29. The topological polar surface area (TPSA) is 15.6 Å². The molecule has 0 aromatic heterocycles. The summed E-state index contributed by atoms with van der Waals surface area (Å²) in [6.45, 7) is 9.24. The molecule has 0 aromatic carbocycles. The second kappa shape index (κ2) is 5.70. The van der Waals surface area contributed by atoms with Crippen LogP contribution in [0.1, 0.15) is 59.8 Å². The highest BCUT2D eigenvalue weighted by atomic mass is 15.4. The summed E-state index contributed by atoms with van der Waals surface area (Å²) >= 11 is 0. The smallest absolute Gasteiger partial charge is 0.0642 e. The molecule has 0 fully saturated rings. The van der Waals surface area contributed by atoms with Crippen LogP contribution < -0.4 is 0 Å². The van der Waals surface area contributed by atoms with Crippen molar-refractivity contribution in [3.05, 3.63) is 11.1 Å². The normalized spacial score (nSPS) is 22.1. The summed E-state index contributed by atoms with van der Waals surface area (Å²) in [5.41, 5.74) is 4.77. The Bertz CT molecular complexity index is 322. The third-order valence-corrected chi connectivity index (χ3v) is 3.35. The minimum absolute atomic E-state index is 0.370. The summed E-state index contributed by atoms with van der Waals surface area (Å²) in [5, 5.41) is 6.65. The van der Waals surface area contributed by atoms with E-state index < -0.39 is 0 Å². The van der Waals surface area contributed by atoms with Gasteiger partial charge in [-0.05, 0) is 43.6 Å². The van der Waals surface area contributed by atoms with Crippen molar-refractivity contribution in [2.45, 2.75) is 59.8 Å². The SMILES string of the molecule is CCCCC1=C(C)CC(C)(C)C/C1=N\N(C)C. The molecular weight excluding hydrogens is 208 g/mol. The molecule has 17 heavy (non-hydrogen) atoms. The second-order valence-corrected chi connectivity index (χ2v) is 6.27. The van der Waals surface area contributed by atoms with Gasteiger partial charge >= 0.3 is 0 Å². The fraction of sp³-hybridized carbons (Fsp3) is 0.800. The van der Waals surface area contributed by atoms with Gasteiger partial charge in [0.15, 0.2) is 0 Å². The van der Waals surface area contributed by atoms with E-state index in [1.54, 1.807) is 5.57 Å². The van der Waals surface area contributed by atoms with E-state index in [2.05, 4.69) is 27.7 Å². The maximum absolute atomic E-state index is 4.71. The predicted molar refractivity (Wildman–Crippen MR) is 76.4 cm³/mol. The summed E-state index contributed by atoms with van der Waals surface area (Å²) < 4.78 is 0. The maximum atomic E-state index is 4.71. The van der Waals surface area contributed by atoms with Crippen LogP contribution in [0.25, 0.3) is 0 Å². The third kappa shape index (κ3) is 4.18. The largest absolute Gasteiger partial charge is 0.303 e. The van der Waals surface area contributed by atoms with Gasteiger partial charge in [-0.2, -0.15) is 5.10 Å². The highest BCUT2D eigenvalue weighted by Crippen LogP contribution is 2.38. The van der Waals surface area contributed by atoms with Crippen molar-refractivity contribution in [2.24, 2.45) is 10.5 Å². The lowest BCUT2D eigenvalue weighted by atomic mass is 9.73. The van der Waals surface area contributed by atoms with Crippen molar-refractivity contribution >= 4 is 5.71 Å². The Morgan fingerprint density at radius 3 is 2.41 bits per heavy atom. The molecule has 98 valence electrons. The fourth-order valence-corrected chi connectivity index (χ4v) is 2.74. The highest BCUT2D eigenvalue weighted by molar-refractivity contribution is 6.01. The number of hydrogen-bond donors (Lipinski definition) is 0. The molecule has 1 rings (SSSR count). The molecular formula is C15H28N2. The van der Waals surface area contributed by atoms with Crippen molar-refractivity contribution in [1.82, 2.24) is 5.01 Å². The summed E-state index contributed by atoms with van der Waals surface area (Å²) in [4.78, 5) is 0. The van der Waals surface area contributed by atoms with Gasteiger partial charge in [-0.3, -0.25) is 0 Å². The first-order valence-corrected chi connectivity index (χ1v) is 6.79. The first-order chi connectivity index (χ1) is 7.85. The third-order valence-electron chi connectivity index (χ3n) is 3.35. The van der Waals surface area contributed by atoms with E-state index in [0.29, 0.717) is 5.41 Å². The fourth-order valence-electron chi connectivity index (χ4n) is 2.74. The molecule has 0 spiro atoms. The van der Waals surface area contributed by atoms with Gasteiger partial charge in [0.05, 0.1) is 5.71 Å². The molecule has 2 heteroatoms. The van der Waals surface area contributed by atoms with Crippen molar-refractivity contribution in [2.75, 3.05) is 14.1 Å². The van der Waals surface area contributed by atoms with Crippen LogP contribution in [0.4, 0.5) is 0 Å². The molecule has 0 aromatic rings. The van der Waals surface area contributed by atoms with Crippen LogP contribution in [-0.2, 0) is 0 Å². The number of nitrogens with zero attached hydrogens (tertiary/aromatic N) is 2. The summed E-state index contributed by atoms with van der Waals surface area (Å²) in [6, 6.07) is 0. The zero-order chi connectivity index (χ0) is 13.1. The quantitative estimate of drug-likeness (QED) is 0.667. The van der Waals surface area contributed by atoms with Crippen LogP contribution in [0, 0.1) is 5.41 Å². The summed E-state index contributed by atoms with van der Waals surface area (Å²) in [6.07, 6.45) is 6.07. The van der Waals surface area contributed by atoms with Crippen molar-refractivity contribution in [1.29, 1.82) is 0 Å². The zero-order valence-corrected chi connectivity index (χ0v) is 12.4. The number of unbranched alkanes of at least 4 members (excludes halogenated alkanes) is 1. The predicted octanol–water partition coefficient (Wildman–Crippen LogP) is 4.23. The molecule has 0 amide bonds. The molecule has 1 aliphatic carbocycles. The molecule has 0 radical (unpaired) electrons. The number of hydrazone groups is 1. The standard InChI is InChI=1S/C15H28N2/c1-7-8-9-13-12(2)10-15(3,4)11-14(13)16-17(5)6/h7-11H2,1-6H3/b16-14+. The van der Waals surface area contributed by atoms with Gasteiger partial charge in [0.2, 0.25) is 0 Å². The van der Waals surface area contributed by atoms with Crippen LogP contribution in [0.3, 0.4) is 0 Å². The molecule has 1 aliphatic rings. The van der Waals surface area contributed by atoms with E-state index in [-0.39, 0.29) is 0 Å². The Balaban J connectivity index is 3.00. The Morgan fingerprint density at radius 2 is 1.88 bits per heavy atom. The Morgan fingerprint density at radius 1 is 1.24 bits per heavy atom. The Kier molecular flexibility index (Phi) is 4.79. The number of rotatable bonds is 4. The minimum atomic E-state index is 0.370. The van der Waals surface area contributed by atoms with Gasteiger partial charge in [0.25, 0.3) is 0 Å². The second-order valence-electron chi connectivity index (χ2n) is 6.27. The molecule has 0 heterocycles. The lowest BCUT2D eigenvalue weighted by Crippen LogP contribution is -2.27. The van der Waals surface area contributed by atoms with E-state index >= 15 is 0 Å². The average Bonchev–Trinajstić information content (AvgIpc) is 2.13. The number of allylic oxidation sites excluding steroid dienone is 2. The molecule has 0 saturated carbocycles. The first kappa shape index (κ1) is 14.3. The Labute approximate surface area is 107 Å². The lowest BCUT2D eigenvalue weighted by molar-refractivity contribution is 0.360. The van der Waals surface area contributed by atoms with Crippen LogP contribution >= 0.6 is 0 Å². The van der Waals surface area contributed by atoms with Gasteiger partial charge < -0.3 is 5.01 Å². The monoisotopic (exact) mass is 236 g/mol. The van der Waals surface area contributed by atoms with Gasteiger partial charge in [-0.25, -0.2) is 0 Å². The average molecular weight is 236 g/mol. The van der Waals surface area contributed by atoms with Gasteiger partial charge in [-0.1, -0.05) is 32.8 Å². The molecule has 2 nitrogen and oxygen atoms in total. The Hall–Kier alpha value is -0.790. The molecule has 0 saturated heterocycles. The van der Waals surface area contributed by atoms with E-state index in [1.807, 2.05) is 19.1 Å². The first-order valence-electron chi connectivity index (χ1n) is 6.79. The lowest BCUT2D eigenvalue weighted by Gasteiger charge is -2.33. The van der Waals surface area contributed by atoms with Crippen LogP contribution in [0.5, 0.6) is 0 Å². The summed E-state index contributed by atoms with van der Waals surface area (Å²) in [7, 11) is 4.03. The zero-order valence-electron chi connectivity index (χ0n) is 12.4. The van der Waals surface area contributed by atoms with E-state index in [4.69, 9.17) is 5.10 Å². The number of hydrogen-bond acceptors (Lipinski definition) is 2. The molecule has 0 atom stereocenters. The van der Waals surface area contributed by atoms with Gasteiger partial charge in [0, 0.05) is 14.1 Å². The van der Waals surface area contributed by atoms with Gasteiger partial charge in [-0.15, -0.1) is 0 Å². The van der Waals surface area contributed by atoms with E-state index in [9.17, 15) is 0 Å². The van der Waals surface area contributed by atoms with Crippen LogP contribution in [-0.4, -0.2) is 24.8 Å². The van der Waals surface area contributed by atoms with E-state index in [0.717, 1.165) is 6.42 Å². The van der Waals surface area contributed by atoms with Crippen LogP contribution in [0.15, 0.2) is 16.2 Å². The maximum Gasteiger partial charge on any atom is 0.0642 e. The minimum Gasteiger partial charge on any atom is -0.303 e. The molecule has 0 N–H and O–H groups in total. The van der Waals surface area contributed by atoms with E-state index in [1.165, 1.54) is 37.0 Å². The molecule has 0 aliphatic heterocycles. The molecule has 0 unspecified atom stereocenters. The van der Waals surface area contributed by atoms with Gasteiger partial charge in [0.1, 0.15) is 0 Å². The van der Waals surface area contributed by atoms with Crippen LogP contribution in [0.2, 0.25) is 0 Å². The summed E-state index contributed by atoms with van der Waals surface area (Å²) in [5.74, 6) is 0. The van der Waals surface area contributed by atoms with Crippen molar-refractivity contribution in [3.8, 4) is 0 Å². The molecule has 0 bridgehead atoms. The van der Waals surface area contributed by atoms with Crippen molar-refractivity contribution < 1.29 is 0 Å². The van der Waals surface area contributed by atoms with Crippen molar-refractivity contribution in [3.63, 3.8) is 0 Å².